The second-order valence-electron chi connectivity index (χ2n) is 5.86. The van der Waals surface area contributed by atoms with Crippen molar-refractivity contribution < 1.29 is 9.53 Å². The van der Waals surface area contributed by atoms with Gasteiger partial charge in [0.2, 0.25) is 0 Å². The van der Waals surface area contributed by atoms with Crippen molar-refractivity contribution in [3.63, 3.8) is 0 Å². The molecule has 2 rings (SSSR count). The topological polar surface area (TPSA) is 26.3 Å². The third kappa shape index (κ3) is 3.24. The van der Waals surface area contributed by atoms with Crippen LogP contribution in [0.3, 0.4) is 0 Å². The molecule has 0 heterocycles. The number of methoxy groups -OCH3 is 1. The van der Waals surface area contributed by atoms with E-state index in [2.05, 4.69) is 24.3 Å². The number of ether oxygens (including phenoxy) is 1. The van der Waals surface area contributed by atoms with Gasteiger partial charge in [-0.3, -0.25) is 4.79 Å². The van der Waals surface area contributed by atoms with Crippen molar-refractivity contribution in [2.45, 2.75) is 51.6 Å². The highest BCUT2D eigenvalue weighted by Crippen LogP contribution is 2.34. The summed E-state index contributed by atoms with van der Waals surface area (Å²) in [6.45, 7) is 4.09. The van der Waals surface area contributed by atoms with Gasteiger partial charge < -0.3 is 4.74 Å². The number of carbonyl (C=O) groups is 1. The molecule has 2 nitrogen and oxygen atoms in total. The molecule has 1 aromatic carbocycles. The van der Waals surface area contributed by atoms with E-state index in [0.29, 0.717) is 12.3 Å². The number of aryl methyl sites for hydroxylation is 1. The Morgan fingerprint density at radius 1 is 1.37 bits per heavy atom. The average molecular weight is 260 g/mol. The maximum absolute atomic E-state index is 12.4. The molecule has 2 unspecified atom stereocenters. The maximum Gasteiger partial charge on any atom is 0.162 e. The van der Waals surface area contributed by atoms with Gasteiger partial charge in [0.05, 0.1) is 0 Å². The summed E-state index contributed by atoms with van der Waals surface area (Å²) in [5, 5.41) is 0. The molecule has 0 N–H and O–H groups in total. The highest BCUT2D eigenvalue weighted by Gasteiger charge is 2.27. The van der Waals surface area contributed by atoms with Crippen LogP contribution in [0.5, 0.6) is 0 Å². The van der Waals surface area contributed by atoms with E-state index < -0.39 is 0 Å². The largest absolute Gasteiger partial charge is 0.373 e. The van der Waals surface area contributed by atoms with Crippen LogP contribution >= 0.6 is 0 Å². The standard InChI is InChI=1S/C17H24O2/c1-12(2)17(19-3)16(18)11-14-9-6-8-13-7-4-5-10-15(13)14/h4-5,7,10,12,14,17H,6,8-9,11H2,1-3H3. The molecule has 104 valence electrons. The molecule has 2 heteroatoms. The van der Waals surface area contributed by atoms with Crippen LogP contribution < -0.4 is 0 Å². The fourth-order valence-electron chi connectivity index (χ4n) is 3.20. The highest BCUT2D eigenvalue weighted by atomic mass is 16.5. The summed E-state index contributed by atoms with van der Waals surface area (Å²) in [6, 6.07) is 8.55. The normalized spacial score (nSPS) is 20.1. The van der Waals surface area contributed by atoms with E-state index in [-0.39, 0.29) is 17.8 Å². The van der Waals surface area contributed by atoms with E-state index in [0.717, 1.165) is 12.8 Å². The minimum atomic E-state index is -0.255. The van der Waals surface area contributed by atoms with E-state index in [1.807, 2.05) is 13.8 Å². The molecule has 0 amide bonds. The van der Waals surface area contributed by atoms with E-state index >= 15 is 0 Å². The fourth-order valence-corrected chi connectivity index (χ4v) is 3.20. The molecule has 0 fully saturated rings. The first-order valence-electron chi connectivity index (χ1n) is 7.26. The average Bonchev–Trinajstić information content (AvgIpc) is 2.39. The lowest BCUT2D eigenvalue weighted by atomic mass is 9.79. The van der Waals surface area contributed by atoms with Crippen LogP contribution in [0.25, 0.3) is 0 Å². The lowest BCUT2D eigenvalue weighted by Crippen LogP contribution is -2.30. The minimum Gasteiger partial charge on any atom is -0.373 e. The van der Waals surface area contributed by atoms with Crippen molar-refractivity contribution in [1.29, 1.82) is 0 Å². The van der Waals surface area contributed by atoms with Crippen LogP contribution in [0, 0.1) is 5.92 Å². The van der Waals surface area contributed by atoms with Crippen molar-refractivity contribution >= 4 is 5.78 Å². The van der Waals surface area contributed by atoms with Crippen LogP contribution in [-0.2, 0) is 16.0 Å². The minimum absolute atomic E-state index is 0.247. The molecule has 0 saturated heterocycles. The Kier molecular flexibility index (Phi) is 4.76. The van der Waals surface area contributed by atoms with Crippen LogP contribution in [0.15, 0.2) is 24.3 Å². The lowest BCUT2D eigenvalue weighted by Gasteiger charge is -2.27. The summed E-state index contributed by atoms with van der Waals surface area (Å²) in [7, 11) is 1.64. The summed E-state index contributed by atoms with van der Waals surface area (Å²) in [4.78, 5) is 12.4. The summed E-state index contributed by atoms with van der Waals surface area (Å²) in [5.41, 5.74) is 2.80. The number of carbonyl (C=O) groups excluding carboxylic acids is 1. The van der Waals surface area contributed by atoms with Crippen molar-refractivity contribution in [2.24, 2.45) is 5.92 Å². The van der Waals surface area contributed by atoms with Gasteiger partial charge >= 0.3 is 0 Å². The number of Topliss-reactive ketones (excluding diaryl/α,β-unsaturated/α-hetero) is 1. The van der Waals surface area contributed by atoms with Gasteiger partial charge in [-0.25, -0.2) is 0 Å². The van der Waals surface area contributed by atoms with Crippen molar-refractivity contribution in [2.75, 3.05) is 7.11 Å². The second-order valence-corrected chi connectivity index (χ2v) is 5.86. The summed E-state index contributed by atoms with van der Waals surface area (Å²) >= 11 is 0. The van der Waals surface area contributed by atoms with Gasteiger partial charge in [-0.1, -0.05) is 38.1 Å². The van der Waals surface area contributed by atoms with Gasteiger partial charge in [0.1, 0.15) is 6.10 Å². The van der Waals surface area contributed by atoms with E-state index in [9.17, 15) is 4.79 Å². The Morgan fingerprint density at radius 2 is 2.11 bits per heavy atom. The van der Waals surface area contributed by atoms with Crippen LogP contribution in [-0.4, -0.2) is 19.0 Å². The van der Waals surface area contributed by atoms with Gasteiger partial charge in [0, 0.05) is 13.5 Å². The van der Waals surface area contributed by atoms with Crippen molar-refractivity contribution in [1.82, 2.24) is 0 Å². The highest BCUT2D eigenvalue weighted by molar-refractivity contribution is 5.84. The zero-order valence-corrected chi connectivity index (χ0v) is 12.2. The molecule has 1 aromatic rings. The predicted octanol–water partition coefficient (Wildman–Crippen LogP) is 3.74. The molecular weight excluding hydrogens is 236 g/mol. The Hall–Kier alpha value is -1.15. The number of fused-ring (bicyclic) bond motifs is 1. The number of hydrogen-bond acceptors (Lipinski definition) is 2. The van der Waals surface area contributed by atoms with Gasteiger partial charge in [-0.2, -0.15) is 0 Å². The monoisotopic (exact) mass is 260 g/mol. The SMILES string of the molecule is COC(C(=O)CC1CCCc2ccccc21)C(C)C. The Morgan fingerprint density at radius 3 is 2.79 bits per heavy atom. The third-order valence-electron chi connectivity index (χ3n) is 4.12. The number of benzene rings is 1. The molecule has 0 aliphatic heterocycles. The first-order valence-corrected chi connectivity index (χ1v) is 7.26. The van der Waals surface area contributed by atoms with Gasteiger partial charge in [0.25, 0.3) is 0 Å². The first kappa shape index (κ1) is 14.3. The van der Waals surface area contributed by atoms with E-state index in [4.69, 9.17) is 4.74 Å². The third-order valence-corrected chi connectivity index (χ3v) is 4.12. The fraction of sp³-hybridized carbons (Fsp3) is 0.588. The zero-order chi connectivity index (χ0) is 13.8. The molecule has 1 aliphatic carbocycles. The summed E-state index contributed by atoms with van der Waals surface area (Å²) < 4.78 is 5.35. The molecular formula is C17H24O2. The predicted molar refractivity (Wildman–Crippen MR) is 77.4 cm³/mol. The summed E-state index contributed by atoms with van der Waals surface area (Å²) in [5.74, 6) is 0.879. The van der Waals surface area contributed by atoms with Crippen LogP contribution in [0.4, 0.5) is 0 Å². The van der Waals surface area contributed by atoms with Gasteiger partial charge in [-0.15, -0.1) is 0 Å². The van der Waals surface area contributed by atoms with Crippen molar-refractivity contribution in [3.05, 3.63) is 35.4 Å². The number of rotatable bonds is 5. The number of ketones is 1. The molecule has 0 spiro atoms. The van der Waals surface area contributed by atoms with Gasteiger partial charge in [0.15, 0.2) is 5.78 Å². The molecule has 19 heavy (non-hydrogen) atoms. The Balaban J connectivity index is 2.10. The molecule has 0 radical (unpaired) electrons. The Labute approximate surface area is 116 Å². The van der Waals surface area contributed by atoms with E-state index in [1.54, 1.807) is 7.11 Å². The second kappa shape index (κ2) is 6.33. The first-order chi connectivity index (χ1) is 9.13. The maximum atomic E-state index is 12.4. The molecule has 2 atom stereocenters. The van der Waals surface area contributed by atoms with Gasteiger partial charge in [-0.05, 0) is 42.2 Å². The molecule has 0 aromatic heterocycles. The molecule has 0 bridgehead atoms. The molecule has 0 saturated carbocycles. The molecule has 1 aliphatic rings. The van der Waals surface area contributed by atoms with Crippen LogP contribution in [0.1, 0.15) is 50.2 Å². The quantitative estimate of drug-likeness (QED) is 0.806. The summed E-state index contributed by atoms with van der Waals surface area (Å²) in [6.07, 6.45) is 3.83. The lowest BCUT2D eigenvalue weighted by molar-refractivity contribution is -0.131. The zero-order valence-electron chi connectivity index (χ0n) is 12.2. The number of hydrogen-bond donors (Lipinski definition) is 0. The van der Waals surface area contributed by atoms with Crippen molar-refractivity contribution in [3.8, 4) is 0 Å². The van der Waals surface area contributed by atoms with Crippen LogP contribution in [0.2, 0.25) is 0 Å². The van der Waals surface area contributed by atoms with E-state index in [1.165, 1.54) is 17.5 Å². The Bertz CT molecular complexity index is 437. The smallest absolute Gasteiger partial charge is 0.162 e.